The van der Waals surface area contributed by atoms with Crippen LogP contribution in [0.5, 0.6) is 0 Å². The highest BCUT2D eigenvalue weighted by atomic mass is 16.1. The van der Waals surface area contributed by atoms with Crippen molar-refractivity contribution in [2.75, 3.05) is 5.32 Å². The van der Waals surface area contributed by atoms with Gasteiger partial charge in [-0.2, -0.15) is 0 Å². The maximum Gasteiger partial charge on any atom is 0.224 e. The van der Waals surface area contributed by atoms with Crippen LogP contribution in [0.1, 0.15) is 49.4 Å². The highest BCUT2D eigenvalue weighted by Crippen LogP contribution is 2.31. The lowest BCUT2D eigenvalue weighted by atomic mass is 10.1. The molecule has 1 saturated carbocycles. The molecule has 0 radical (unpaired) electrons. The van der Waals surface area contributed by atoms with Crippen LogP contribution in [0.3, 0.4) is 0 Å². The quantitative estimate of drug-likeness (QED) is 0.777. The van der Waals surface area contributed by atoms with Crippen LogP contribution in [0.2, 0.25) is 0 Å². The average Bonchev–Trinajstić information content (AvgIpc) is 3.23. The van der Waals surface area contributed by atoms with Crippen LogP contribution >= 0.6 is 0 Å². The third-order valence-electron chi connectivity index (χ3n) is 3.43. The average molecular weight is 273 g/mol. The Morgan fingerprint density at radius 2 is 1.75 bits per heavy atom. The lowest BCUT2D eigenvalue weighted by molar-refractivity contribution is -0.120. The van der Waals surface area contributed by atoms with E-state index in [0.29, 0.717) is 36.3 Å². The number of Topliss-reactive ketones (excluding diaryl/α,β-unsaturated/α-hetero) is 2. The minimum absolute atomic E-state index is 0.00136. The molecule has 2 rings (SSSR count). The fourth-order valence-corrected chi connectivity index (χ4v) is 2.04. The van der Waals surface area contributed by atoms with Gasteiger partial charge in [-0.3, -0.25) is 14.4 Å². The van der Waals surface area contributed by atoms with Crippen molar-refractivity contribution in [2.45, 2.75) is 39.0 Å². The molecular formula is C16H19NO3. The Hall–Kier alpha value is -1.97. The van der Waals surface area contributed by atoms with Crippen LogP contribution in [0.15, 0.2) is 24.3 Å². The molecule has 1 amide bonds. The fraction of sp³-hybridized carbons (Fsp3) is 0.438. The predicted molar refractivity (Wildman–Crippen MR) is 76.7 cm³/mol. The molecule has 20 heavy (non-hydrogen) atoms. The summed E-state index contributed by atoms with van der Waals surface area (Å²) in [5.41, 5.74) is 1.30. The first-order chi connectivity index (χ1) is 9.56. The molecule has 0 saturated heterocycles. The van der Waals surface area contributed by atoms with Gasteiger partial charge in [0.25, 0.3) is 0 Å². The van der Waals surface area contributed by atoms with E-state index in [0.717, 1.165) is 12.8 Å². The number of amides is 1. The van der Waals surface area contributed by atoms with E-state index < -0.39 is 0 Å². The standard InChI is InChI=1S/C16H19NO3/c1-11(18)12-7-9-14(10-8-12)17-16(20)4-2-3-15(19)13-5-6-13/h7-10,13H,2-6H2,1H3,(H,17,20). The number of ketones is 2. The number of anilines is 1. The third-order valence-corrected chi connectivity index (χ3v) is 3.43. The van der Waals surface area contributed by atoms with Gasteiger partial charge in [-0.05, 0) is 50.5 Å². The van der Waals surface area contributed by atoms with Crippen molar-refractivity contribution in [2.24, 2.45) is 5.92 Å². The Kier molecular flexibility index (Phi) is 4.66. The molecule has 0 aliphatic heterocycles. The Labute approximate surface area is 118 Å². The molecule has 0 spiro atoms. The van der Waals surface area contributed by atoms with Crippen molar-refractivity contribution in [1.29, 1.82) is 0 Å². The van der Waals surface area contributed by atoms with Gasteiger partial charge in [-0.25, -0.2) is 0 Å². The van der Waals surface area contributed by atoms with Crippen molar-refractivity contribution in [3.05, 3.63) is 29.8 Å². The van der Waals surface area contributed by atoms with Gasteiger partial charge in [0.1, 0.15) is 5.78 Å². The Morgan fingerprint density at radius 3 is 2.30 bits per heavy atom. The zero-order valence-electron chi connectivity index (χ0n) is 11.6. The summed E-state index contributed by atoms with van der Waals surface area (Å²) < 4.78 is 0. The predicted octanol–water partition coefficient (Wildman–Crippen LogP) is 2.98. The molecule has 0 aromatic heterocycles. The van der Waals surface area contributed by atoms with E-state index in [9.17, 15) is 14.4 Å². The van der Waals surface area contributed by atoms with Crippen molar-refractivity contribution in [3.8, 4) is 0 Å². The SMILES string of the molecule is CC(=O)c1ccc(NC(=O)CCCC(=O)C2CC2)cc1. The molecule has 1 N–H and O–H groups in total. The van der Waals surface area contributed by atoms with Crippen LogP contribution in [0.25, 0.3) is 0 Å². The number of hydrogen-bond acceptors (Lipinski definition) is 3. The molecule has 0 unspecified atom stereocenters. The van der Waals surface area contributed by atoms with Crippen molar-refractivity contribution >= 4 is 23.2 Å². The lowest BCUT2D eigenvalue weighted by Gasteiger charge is -2.05. The Bertz CT molecular complexity index is 515. The minimum Gasteiger partial charge on any atom is -0.326 e. The van der Waals surface area contributed by atoms with Crippen LogP contribution in [0, 0.1) is 5.92 Å². The summed E-state index contributed by atoms with van der Waals surface area (Å²) in [5, 5.41) is 2.77. The molecule has 1 aromatic carbocycles. The molecule has 0 heterocycles. The molecule has 1 aliphatic carbocycles. The second kappa shape index (κ2) is 6.46. The minimum atomic E-state index is -0.0934. The van der Waals surface area contributed by atoms with Crippen LogP contribution in [-0.4, -0.2) is 17.5 Å². The zero-order valence-corrected chi connectivity index (χ0v) is 11.6. The van der Waals surface area contributed by atoms with Gasteiger partial charge in [0.2, 0.25) is 5.91 Å². The second-order valence-electron chi connectivity index (χ2n) is 5.28. The van der Waals surface area contributed by atoms with E-state index in [1.807, 2.05) is 0 Å². The van der Waals surface area contributed by atoms with Gasteiger partial charge in [0, 0.05) is 30.0 Å². The van der Waals surface area contributed by atoms with Crippen molar-refractivity contribution in [1.82, 2.24) is 0 Å². The molecule has 0 atom stereocenters. The van der Waals surface area contributed by atoms with E-state index >= 15 is 0 Å². The zero-order chi connectivity index (χ0) is 14.5. The topological polar surface area (TPSA) is 63.2 Å². The summed E-state index contributed by atoms with van der Waals surface area (Å²) in [6, 6.07) is 6.80. The van der Waals surface area contributed by atoms with E-state index in [-0.39, 0.29) is 17.6 Å². The van der Waals surface area contributed by atoms with Crippen LogP contribution < -0.4 is 5.32 Å². The molecule has 1 fully saturated rings. The smallest absolute Gasteiger partial charge is 0.224 e. The second-order valence-corrected chi connectivity index (χ2v) is 5.28. The summed E-state index contributed by atoms with van der Waals surface area (Å²) in [6.45, 7) is 1.50. The van der Waals surface area contributed by atoms with Gasteiger partial charge in [0.05, 0.1) is 0 Å². The van der Waals surface area contributed by atoms with Gasteiger partial charge in [-0.15, -0.1) is 0 Å². The first kappa shape index (κ1) is 14.4. The summed E-state index contributed by atoms with van der Waals surface area (Å²) in [6.07, 6.45) is 3.50. The monoisotopic (exact) mass is 273 g/mol. The summed E-state index contributed by atoms with van der Waals surface area (Å²) in [7, 11) is 0. The molecule has 106 valence electrons. The molecule has 0 bridgehead atoms. The van der Waals surface area contributed by atoms with E-state index in [2.05, 4.69) is 5.32 Å². The summed E-state index contributed by atoms with van der Waals surface area (Å²) >= 11 is 0. The summed E-state index contributed by atoms with van der Waals surface area (Å²) in [5.74, 6) is 0.478. The fourth-order valence-electron chi connectivity index (χ4n) is 2.04. The Balaban J connectivity index is 1.73. The molecule has 1 aliphatic rings. The first-order valence-electron chi connectivity index (χ1n) is 7.00. The van der Waals surface area contributed by atoms with Crippen molar-refractivity contribution < 1.29 is 14.4 Å². The van der Waals surface area contributed by atoms with E-state index in [4.69, 9.17) is 0 Å². The number of benzene rings is 1. The number of hydrogen-bond donors (Lipinski definition) is 1. The highest BCUT2D eigenvalue weighted by Gasteiger charge is 2.28. The summed E-state index contributed by atoms with van der Waals surface area (Å²) in [4.78, 5) is 34.3. The first-order valence-corrected chi connectivity index (χ1v) is 7.00. The maximum absolute atomic E-state index is 11.7. The molecule has 4 nitrogen and oxygen atoms in total. The maximum atomic E-state index is 11.7. The van der Waals surface area contributed by atoms with Gasteiger partial charge >= 0.3 is 0 Å². The van der Waals surface area contributed by atoms with Crippen molar-refractivity contribution in [3.63, 3.8) is 0 Å². The third kappa shape index (κ3) is 4.30. The number of carbonyl (C=O) groups excluding carboxylic acids is 3. The molecule has 4 heteroatoms. The lowest BCUT2D eigenvalue weighted by Crippen LogP contribution is -2.12. The molecular weight excluding hydrogens is 254 g/mol. The normalized spacial score (nSPS) is 13.8. The van der Waals surface area contributed by atoms with Gasteiger partial charge < -0.3 is 5.32 Å². The largest absolute Gasteiger partial charge is 0.326 e. The number of nitrogens with one attached hydrogen (secondary N) is 1. The number of rotatable bonds is 7. The van der Waals surface area contributed by atoms with E-state index in [1.54, 1.807) is 24.3 Å². The van der Waals surface area contributed by atoms with Gasteiger partial charge in [0.15, 0.2) is 5.78 Å². The number of carbonyl (C=O) groups is 3. The van der Waals surface area contributed by atoms with Crippen LogP contribution in [0.4, 0.5) is 5.69 Å². The molecule has 1 aromatic rings. The van der Waals surface area contributed by atoms with Crippen LogP contribution in [-0.2, 0) is 9.59 Å². The Morgan fingerprint density at radius 1 is 1.10 bits per heavy atom. The van der Waals surface area contributed by atoms with E-state index in [1.165, 1.54) is 6.92 Å². The van der Waals surface area contributed by atoms with Gasteiger partial charge in [-0.1, -0.05) is 0 Å². The highest BCUT2D eigenvalue weighted by molar-refractivity contribution is 5.95.